The van der Waals surface area contributed by atoms with Gasteiger partial charge in [-0.3, -0.25) is 4.79 Å². The second-order valence-corrected chi connectivity index (χ2v) is 7.21. The number of thiophene rings is 1. The lowest BCUT2D eigenvalue weighted by atomic mass is 10.1. The molecule has 0 bridgehead atoms. The normalized spacial score (nSPS) is 11.4. The summed E-state index contributed by atoms with van der Waals surface area (Å²) < 4.78 is 22.9. The van der Waals surface area contributed by atoms with Gasteiger partial charge in [0.15, 0.2) is 15.6 Å². The molecule has 2 rings (SSSR count). The van der Waals surface area contributed by atoms with Crippen LogP contribution in [0.2, 0.25) is 0 Å². The molecule has 0 unspecified atom stereocenters. The van der Waals surface area contributed by atoms with E-state index in [2.05, 4.69) is 0 Å². The SMILES string of the molecule is Cc1cc(C(=O)c2cccc(S(C)(=O)=O)c2)cs1. The zero-order valence-electron chi connectivity index (χ0n) is 10.0. The van der Waals surface area contributed by atoms with Crippen molar-refractivity contribution in [1.29, 1.82) is 0 Å². The van der Waals surface area contributed by atoms with Gasteiger partial charge in [-0.2, -0.15) is 0 Å². The minimum Gasteiger partial charge on any atom is -0.289 e. The summed E-state index contributed by atoms with van der Waals surface area (Å²) in [4.78, 5) is 13.4. The Bertz CT molecular complexity index is 697. The average Bonchev–Trinajstić information content (AvgIpc) is 2.74. The van der Waals surface area contributed by atoms with Crippen LogP contribution in [0.15, 0.2) is 40.6 Å². The standard InChI is InChI=1S/C13H12O3S2/c1-9-6-11(8-17-9)13(14)10-4-3-5-12(7-10)18(2,15)16/h3-8H,1-2H3. The quantitative estimate of drug-likeness (QED) is 0.812. The van der Waals surface area contributed by atoms with Gasteiger partial charge in [0, 0.05) is 27.6 Å². The van der Waals surface area contributed by atoms with Crippen LogP contribution in [0.1, 0.15) is 20.8 Å². The number of hydrogen-bond donors (Lipinski definition) is 0. The zero-order valence-corrected chi connectivity index (χ0v) is 11.6. The molecule has 1 heterocycles. The van der Waals surface area contributed by atoms with Gasteiger partial charge >= 0.3 is 0 Å². The van der Waals surface area contributed by atoms with Gasteiger partial charge in [0.1, 0.15) is 0 Å². The molecule has 0 aliphatic heterocycles. The molecule has 2 aromatic rings. The third-order valence-corrected chi connectivity index (χ3v) is 4.49. The highest BCUT2D eigenvalue weighted by Gasteiger charge is 2.14. The highest BCUT2D eigenvalue weighted by molar-refractivity contribution is 7.90. The van der Waals surface area contributed by atoms with Crippen molar-refractivity contribution in [3.8, 4) is 0 Å². The van der Waals surface area contributed by atoms with E-state index in [9.17, 15) is 13.2 Å². The Hall–Kier alpha value is -1.46. The Morgan fingerprint density at radius 3 is 2.44 bits per heavy atom. The van der Waals surface area contributed by atoms with E-state index < -0.39 is 9.84 Å². The Morgan fingerprint density at radius 2 is 1.89 bits per heavy atom. The molecule has 0 saturated carbocycles. The number of sulfone groups is 1. The lowest BCUT2D eigenvalue weighted by molar-refractivity contribution is 0.103. The van der Waals surface area contributed by atoms with Crippen molar-refractivity contribution in [3.63, 3.8) is 0 Å². The van der Waals surface area contributed by atoms with Crippen LogP contribution in [0.25, 0.3) is 0 Å². The van der Waals surface area contributed by atoms with Crippen LogP contribution in [-0.4, -0.2) is 20.5 Å². The molecule has 94 valence electrons. The molecule has 3 nitrogen and oxygen atoms in total. The Labute approximate surface area is 110 Å². The Kier molecular flexibility index (Phi) is 3.36. The predicted molar refractivity (Wildman–Crippen MR) is 72.0 cm³/mol. The predicted octanol–water partition coefficient (Wildman–Crippen LogP) is 2.69. The molecule has 0 fully saturated rings. The lowest BCUT2D eigenvalue weighted by Crippen LogP contribution is -2.03. The van der Waals surface area contributed by atoms with Crippen LogP contribution in [0.4, 0.5) is 0 Å². The van der Waals surface area contributed by atoms with Crippen LogP contribution in [-0.2, 0) is 9.84 Å². The number of aryl methyl sites for hydroxylation is 1. The van der Waals surface area contributed by atoms with E-state index in [0.717, 1.165) is 11.1 Å². The van der Waals surface area contributed by atoms with Crippen molar-refractivity contribution >= 4 is 27.0 Å². The first-order chi connectivity index (χ1) is 8.38. The Morgan fingerprint density at radius 1 is 1.17 bits per heavy atom. The fourth-order valence-electron chi connectivity index (χ4n) is 1.60. The molecule has 0 amide bonds. The summed E-state index contributed by atoms with van der Waals surface area (Å²) in [6, 6.07) is 7.93. The Balaban J connectivity index is 2.43. The molecule has 1 aromatic heterocycles. The summed E-state index contributed by atoms with van der Waals surface area (Å²) in [5.74, 6) is -0.148. The van der Waals surface area contributed by atoms with Crippen molar-refractivity contribution in [2.24, 2.45) is 0 Å². The van der Waals surface area contributed by atoms with Crippen molar-refractivity contribution in [2.45, 2.75) is 11.8 Å². The summed E-state index contributed by atoms with van der Waals surface area (Å²) in [6.07, 6.45) is 1.13. The van der Waals surface area contributed by atoms with Crippen LogP contribution in [0.5, 0.6) is 0 Å². The number of rotatable bonds is 3. The summed E-state index contributed by atoms with van der Waals surface area (Å²) in [6.45, 7) is 1.92. The number of ketones is 1. The largest absolute Gasteiger partial charge is 0.289 e. The molecule has 5 heteroatoms. The van der Waals surface area contributed by atoms with Gasteiger partial charge in [0.25, 0.3) is 0 Å². The molecule has 0 atom stereocenters. The minimum atomic E-state index is -3.29. The van der Waals surface area contributed by atoms with Gasteiger partial charge in [-0.1, -0.05) is 12.1 Å². The summed E-state index contributed by atoms with van der Waals surface area (Å²) in [5.41, 5.74) is 0.999. The molecule has 0 radical (unpaired) electrons. The number of carbonyl (C=O) groups excluding carboxylic acids is 1. The van der Waals surface area contributed by atoms with Gasteiger partial charge in [-0.05, 0) is 25.1 Å². The van der Waals surface area contributed by atoms with Crippen molar-refractivity contribution < 1.29 is 13.2 Å². The number of benzene rings is 1. The van der Waals surface area contributed by atoms with E-state index in [1.165, 1.54) is 23.5 Å². The van der Waals surface area contributed by atoms with Crippen LogP contribution in [0, 0.1) is 6.92 Å². The molecule has 0 saturated heterocycles. The monoisotopic (exact) mass is 280 g/mol. The van der Waals surface area contributed by atoms with Crippen LogP contribution < -0.4 is 0 Å². The highest BCUT2D eigenvalue weighted by atomic mass is 32.2. The molecular weight excluding hydrogens is 268 g/mol. The molecule has 1 aromatic carbocycles. The first kappa shape index (κ1) is 13.0. The van der Waals surface area contributed by atoms with E-state index in [0.29, 0.717) is 11.1 Å². The van der Waals surface area contributed by atoms with Gasteiger partial charge in [0.05, 0.1) is 4.90 Å². The van der Waals surface area contributed by atoms with E-state index >= 15 is 0 Å². The van der Waals surface area contributed by atoms with E-state index in [-0.39, 0.29) is 10.7 Å². The summed E-state index contributed by atoms with van der Waals surface area (Å²) >= 11 is 1.50. The third kappa shape index (κ3) is 2.68. The van der Waals surface area contributed by atoms with E-state index in [1.54, 1.807) is 23.6 Å². The minimum absolute atomic E-state index is 0.148. The third-order valence-electron chi connectivity index (χ3n) is 2.52. The van der Waals surface area contributed by atoms with Crippen LogP contribution in [0.3, 0.4) is 0 Å². The fourth-order valence-corrected chi connectivity index (χ4v) is 2.95. The van der Waals surface area contributed by atoms with E-state index in [4.69, 9.17) is 0 Å². The zero-order chi connectivity index (χ0) is 13.3. The first-order valence-corrected chi connectivity index (χ1v) is 8.05. The molecule has 0 aliphatic carbocycles. The fraction of sp³-hybridized carbons (Fsp3) is 0.154. The second-order valence-electron chi connectivity index (χ2n) is 4.08. The molecule has 0 N–H and O–H groups in total. The van der Waals surface area contributed by atoms with Crippen LogP contribution >= 0.6 is 11.3 Å². The van der Waals surface area contributed by atoms with Gasteiger partial charge in [-0.15, -0.1) is 11.3 Å². The highest BCUT2D eigenvalue weighted by Crippen LogP contribution is 2.19. The van der Waals surface area contributed by atoms with Gasteiger partial charge < -0.3 is 0 Å². The maximum Gasteiger partial charge on any atom is 0.193 e. The number of hydrogen-bond acceptors (Lipinski definition) is 4. The molecule has 18 heavy (non-hydrogen) atoms. The van der Waals surface area contributed by atoms with Crippen molar-refractivity contribution in [1.82, 2.24) is 0 Å². The lowest BCUT2D eigenvalue weighted by Gasteiger charge is -2.02. The van der Waals surface area contributed by atoms with Gasteiger partial charge in [-0.25, -0.2) is 8.42 Å². The molecular formula is C13H12O3S2. The molecule has 0 spiro atoms. The first-order valence-electron chi connectivity index (χ1n) is 5.28. The summed E-state index contributed by atoms with van der Waals surface area (Å²) in [5, 5.41) is 1.78. The average molecular weight is 280 g/mol. The number of carbonyl (C=O) groups is 1. The van der Waals surface area contributed by atoms with Crippen molar-refractivity contribution in [3.05, 3.63) is 51.7 Å². The maximum atomic E-state index is 12.2. The summed E-state index contributed by atoms with van der Waals surface area (Å²) in [7, 11) is -3.29. The maximum absolute atomic E-state index is 12.2. The van der Waals surface area contributed by atoms with Crippen molar-refractivity contribution in [2.75, 3.05) is 6.26 Å². The van der Waals surface area contributed by atoms with E-state index in [1.807, 2.05) is 6.92 Å². The second kappa shape index (κ2) is 4.66. The topological polar surface area (TPSA) is 51.2 Å². The smallest absolute Gasteiger partial charge is 0.193 e. The molecule has 0 aliphatic rings. The van der Waals surface area contributed by atoms with Gasteiger partial charge in [0.2, 0.25) is 0 Å².